The van der Waals surface area contributed by atoms with Gasteiger partial charge in [-0.1, -0.05) is 36.4 Å². The Kier molecular flexibility index (Phi) is 5.16. The number of hydrogen-bond acceptors (Lipinski definition) is 3. The van der Waals surface area contributed by atoms with E-state index in [1.165, 1.54) is 5.56 Å². The molecule has 1 unspecified atom stereocenters. The largest absolute Gasteiger partial charge is 0.496 e. The zero-order chi connectivity index (χ0) is 14.4. The minimum atomic E-state index is 0.0439. The van der Waals surface area contributed by atoms with Gasteiger partial charge in [0.2, 0.25) is 0 Å². The highest BCUT2D eigenvalue weighted by atomic mass is 16.5. The minimum absolute atomic E-state index is 0.0439. The first-order valence-electron chi connectivity index (χ1n) is 6.77. The van der Waals surface area contributed by atoms with Crippen LogP contribution in [0.25, 0.3) is 0 Å². The summed E-state index contributed by atoms with van der Waals surface area (Å²) in [5.74, 6) is 0.836. The van der Waals surface area contributed by atoms with Crippen molar-refractivity contribution in [3.05, 3.63) is 65.2 Å². The second-order valence-corrected chi connectivity index (χ2v) is 4.71. The molecule has 2 N–H and O–H groups in total. The van der Waals surface area contributed by atoms with E-state index < -0.39 is 0 Å². The average molecular weight is 271 g/mol. The molecule has 0 aliphatic rings. The quantitative estimate of drug-likeness (QED) is 0.875. The van der Waals surface area contributed by atoms with Gasteiger partial charge in [0.1, 0.15) is 5.75 Å². The van der Waals surface area contributed by atoms with E-state index in [9.17, 15) is 0 Å². The Hall–Kier alpha value is -1.84. The van der Waals surface area contributed by atoms with Crippen molar-refractivity contribution in [3.8, 4) is 5.75 Å². The minimum Gasteiger partial charge on any atom is -0.496 e. The summed E-state index contributed by atoms with van der Waals surface area (Å²) in [4.78, 5) is 0. The van der Waals surface area contributed by atoms with Gasteiger partial charge in [0.05, 0.1) is 19.8 Å². The van der Waals surface area contributed by atoms with Gasteiger partial charge in [0.25, 0.3) is 0 Å². The molecule has 0 amide bonds. The van der Waals surface area contributed by atoms with E-state index in [0.29, 0.717) is 13.2 Å². The summed E-state index contributed by atoms with van der Waals surface area (Å²) >= 11 is 0. The molecule has 2 rings (SSSR count). The summed E-state index contributed by atoms with van der Waals surface area (Å²) in [5, 5.41) is 0. The van der Waals surface area contributed by atoms with Crippen LogP contribution in [-0.4, -0.2) is 7.11 Å². The molecule has 0 saturated heterocycles. The van der Waals surface area contributed by atoms with Gasteiger partial charge < -0.3 is 15.2 Å². The van der Waals surface area contributed by atoms with Gasteiger partial charge in [0, 0.05) is 12.1 Å². The van der Waals surface area contributed by atoms with Crippen molar-refractivity contribution in [2.24, 2.45) is 5.73 Å². The monoisotopic (exact) mass is 271 g/mol. The van der Waals surface area contributed by atoms with Crippen molar-refractivity contribution < 1.29 is 9.47 Å². The topological polar surface area (TPSA) is 44.5 Å². The molecule has 0 saturated carbocycles. The van der Waals surface area contributed by atoms with E-state index in [-0.39, 0.29) is 6.10 Å². The van der Waals surface area contributed by atoms with Gasteiger partial charge in [-0.05, 0) is 30.2 Å². The predicted molar refractivity (Wildman–Crippen MR) is 80.5 cm³/mol. The molecule has 0 aliphatic carbocycles. The normalized spacial score (nSPS) is 12.2. The first kappa shape index (κ1) is 14.6. The van der Waals surface area contributed by atoms with Crippen molar-refractivity contribution in [3.63, 3.8) is 0 Å². The molecule has 0 heterocycles. The third-order valence-corrected chi connectivity index (χ3v) is 3.34. The number of ether oxygens (including phenoxy) is 2. The molecule has 3 heteroatoms. The zero-order valence-electron chi connectivity index (χ0n) is 12.0. The van der Waals surface area contributed by atoms with E-state index in [0.717, 1.165) is 16.9 Å². The fraction of sp³-hybridized carbons (Fsp3) is 0.294. The van der Waals surface area contributed by atoms with Crippen molar-refractivity contribution in [1.82, 2.24) is 0 Å². The van der Waals surface area contributed by atoms with Gasteiger partial charge in [-0.15, -0.1) is 0 Å². The van der Waals surface area contributed by atoms with Crippen LogP contribution in [0.3, 0.4) is 0 Å². The van der Waals surface area contributed by atoms with E-state index in [1.807, 2.05) is 36.4 Å². The Morgan fingerprint density at radius 3 is 2.50 bits per heavy atom. The Bertz CT molecular complexity index is 540. The summed E-state index contributed by atoms with van der Waals surface area (Å²) in [5.41, 5.74) is 8.95. The molecule has 0 bridgehead atoms. The van der Waals surface area contributed by atoms with Crippen LogP contribution in [0.5, 0.6) is 5.75 Å². The number of nitrogens with two attached hydrogens (primary N) is 1. The fourth-order valence-electron chi connectivity index (χ4n) is 2.11. The maximum absolute atomic E-state index is 5.94. The van der Waals surface area contributed by atoms with Crippen molar-refractivity contribution in [2.45, 2.75) is 26.2 Å². The van der Waals surface area contributed by atoms with Crippen LogP contribution in [0.1, 0.15) is 29.7 Å². The molecule has 106 valence electrons. The fourth-order valence-corrected chi connectivity index (χ4v) is 2.11. The maximum Gasteiger partial charge on any atom is 0.124 e. The standard InChI is InChI=1S/C17H21NO2/c1-13(15-6-4-3-5-7-15)20-12-16-10-14(11-18)8-9-17(16)19-2/h3-10,13H,11-12,18H2,1-2H3. The Morgan fingerprint density at radius 1 is 1.10 bits per heavy atom. The Balaban J connectivity index is 2.06. The van der Waals surface area contributed by atoms with Crippen molar-refractivity contribution in [2.75, 3.05) is 7.11 Å². The number of methoxy groups -OCH3 is 1. The second-order valence-electron chi connectivity index (χ2n) is 4.71. The Morgan fingerprint density at radius 2 is 1.85 bits per heavy atom. The van der Waals surface area contributed by atoms with Crippen molar-refractivity contribution >= 4 is 0 Å². The second kappa shape index (κ2) is 7.08. The predicted octanol–water partition coefficient (Wildman–Crippen LogP) is 3.43. The third-order valence-electron chi connectivity index (χ3n) is 3.34. The van der Waals surface area contributed by atoms with E-state index >= 15 is 0 Å². The Labute approximate surface area is 120 Å². The third kappa shape index (κ3) is 3.59. The van der Waals surface area contributed by atoms with Crippen LogP contribution >= 0.6 is 0 Å². The highest BCUT2D eigenvalue weighted by molar-refractivity contribution is 5.37. The zero-order valence-corrected chi connectivity index (χ0v) is 12.0. The first-order chi connectivity index (χ1) is 9.74. The SMILES string of the molecule is COc1ccc(CN)cc1COC(C)c1ccccc1. The van der Waals surface area contributed by atoms with Crippen LogP contribution in [0, 0.1) is 0 Å². The molecular weight excluding hydrogens is 250 g/mol. The lowest BCUT2D eigenvalue weighted by atomic mass is 10.1. The van der Waals surface area contributed by atoms with Gasteiger partial charge in [-0.25, -0.2) is 0 Å². The average Bonchev–Trinajstić information content (AvgIpc) is 2.53. The van der Waals surface area contributed by atoms with Crippen LogP contribution in [0.4, 0.5) is 0 Å². The highest BCUT2D eigenvalue weighted by Gasteiger charge is 2.09. The van der Waals surface area contributed by atoms with Crippen LogP contribution in [-0.2, 0) is 17.9 Å². The lowest BCUT2D eigenvalue weighted by Gasteiger charge is -2.15. The summed E-state index contributed by atoms with van der Waals surface area (Å²) < 4.78 is 11.3. The molecule has 2 aromatic rings. The van der Waals surface area contributed by atoms with Gasteiger partial charge >= 0.3 is 0 Å². The lowest BCUT2D eigenvalue weighted by molar-refractivity contribution is 0.0513. The molecule has 3 nitrogen and oxygen atoms in total. The summed E-state index contributed by atoms with van der Waals surface area (Å²) in [7, 11) is 1.67. The van der Waals surface area contributed by atoms with Crippen LogP contribution in [0.2, 0.25) is 0 Å². The van der Waals surface area contributed by atoms with E-state index in [2.05, 4.69) is 19.1 Å². The number of hydrogen-bond donors (Lipinski definition) is 1. The summed E-state index contributed by atoms with van der Waals surface area (Å²) in [6.07, 6.45) is 0.0439. The van der Waals surface area contributed by atoms with E-state index in [4.69, 9.17) is 15.2 Å². The number of rotatable bonds is 6. The molecule has 0 aliphatic heterocycles. The molecule has 0 fully saturated rings. The van der Waals surface area contributed by atoms with Gasteiger partial charge in [-0.3, -0.25) is 0 Å². The highest BCUT2D eigenvalue weighted by Crippen LogP contribution is 2.24. The molecular formula is C17H21NO2. The van der Waals surface area contributed by atoms with Crippen LogP contribution in [0.15, 0.2) is 48.5 Å². The first-order valence-corrected chi connectivity index (χ1v) is 6.77. The molecule has 0 aromatic heterocycles. The van der Waals surface area contributed by atoms with Gasteiger partial charge in [-0.2, -0.15) is 0 Å². The summed E-state index contributed by atoms with van der Waals surface area (Å²) in [6, 6.07) is 16.1. The van der Waals surface area contributed by atoms with E-state index in [1.54, 1.807) is 7.11 Å². The molecule has 2 aromatic carbocycles. The molecule has 0 spiro atoms. The van der Waals surface area contributed by atoms with Crippen LogP contribution < -0.4 is 10.5 Å². The van der Waals surface area contributed by atoms with Crippen molar-refractivity contribution in [1.29, 1.82) is 0 Å². The number of benzene rings is 2. The molecule has 20 heavy (non-hydrogen) atoms. The van der Waals surface area contributed by atoms with Gasteiger partial charge in [0.15, 0.2) is 0 Å². The molecule has 0 radical (unpaired) electrons. The maximum atomic E-state index is 5.94. The smallest absolute Gasteiger partial charge is 0.124 e. The lowest BCUT2D eigenvalue weighted by Crippen LogP contribution is -2.04. The molecule has 1 atom stereocenters. The summed E-state index contributed by atoms with van der Waals surface area (Å²) in [6.45, 7) is 3.08.